The lowest BCUT2D eigenvalue weighted by Crippen LogP contribution is -2.43. The van der Waals surface area contributed by atoms with Crippen molar-refractivity contribution in [1.29, 1.82) is 0 Å². The largest absolute Gasteiger partial charge is 0.328 e. The van der Waals surface area contributed by atoms with Crippen molar-refractivity contribution >= 4 is 27.7 Å². The average molecular weight is 313 g/mol. The van der Waals surface area contributed by atoms with Crippen LogP contribution in [-0.2, 0) is 4.79 Å². The van der Waals surface area contributed by atoms with Crippen LogP contribution in [0.5, 0.6) is 0 Å². The molecule has 6 heteroatoms. The van der Waals surface area contributed by atoms with Crippen LogP contribution in [0.3, 0.4) is 0 Å². The van der Waals surface area contributed by atoms with Gasteiger partial charge in [-0.15, -0.1) is 0 Å². The third kappa shape index (κ3) is 3.76. The van der Waals surface area contributed by atoms with E-state index >= 15 is 0 Å². The third-order valence-corrected chi connectivity index (χ3v) is 3.66. The highest BCUT2D eigenvalue weighted by molar-refractivity contribution is 9.10. The maximum Gasteiger partial charge on any atom is 0.239 e. The number of carbonyl (C=O) groups is 1. The molecule has 0 aliphatic carbocycles. The number of likely N-dealkylation sites (tertiary alicyclic amines) is 1. The number of halogens is 1. The number of hydrogen-bond donors (Lipinski definition) is 2. The summed E-state index contributed by atoms with van der Waals surface area (Å²) in [7, 11) is 0. The third-order valence-electron chi connectivity index (χ3n) is 3.02. The van der Waals surface area contributed by atoms with E-state index in [9.17, 15) is 4.79 Å². The maximum atomic E-state index is 11.9. The second kappa shape index (κ2) is 6.26. The molecule has 0 atom stereocenters. The van der Waals surface area contributed by atoms with Gasteiger partial charge in [0.05, 0.1) is 11.0 Å². The molecule has 1 aromatic heterocycles. The first-order valence-electron chi connectivity index (χ1n) is 6.03. The number of anilines is 1. The first-order valence-corrected chi connectivity index (χ1v) is 6.83. The smallest absolute Gasteiger partial charge is 0.239 e. The standard InChI is InChI=1S/C12H17BrN4O/c13-10-2-1-5-15-12(10)16-11(18)8-17-6-3-9(14)4-7-17/h1-2,5,9H,3-4,6-8,14H2,(H,15,16,18). The molecule has 0 aromatic carbocycles. The van der Waals surface area contributed by atoms with Crippen molar-refractivity contribution in [3.8, 4) is 0 Å². The molecule has 5 nitrogen and oxygen atoms in total. The predicted molar refractivity (Wildman–Crippen MR) is 74.2 cm³/mol. The quantitative estimate of drug-likeness (QED) is 0.880. The number of carbonyl (C=O) groups excluding carboxylic acids is 1. The number of nitrogens with two attached hydrogens (primary N) is 1. The summed E-state index contributed by atoms with van der Waals surface area (Å²) in [5.41, 5.74) is 5.83. The minimum Gasteiger partial charge on any atom is -0.328 e. The zero-order valence-corrected chi connectivity index (χ0v) is 11.7. The van der Waals surface area contributed by atoms with Crippen molar-refractivity contribution in [3.63, 3.8) is 0 Å². The van der Waals surface area contributed by atoms with Crippen molar-refractivity contribution < 1.29 is 4.79 Å². The molecule has 1 aliphatic heterocycles. The van der Waals surface area contributed by atoms with Crippen molar-refractivity contribution in [2.75, 3.05) is 25.0 Å². The molecule has 98 valence electrons. The van der Waals surface area contributed by atoms with Crippen LogP contribution in [0.4, 0.5) is 5.82 Å². The fourth-order valence-electron chi connectivity index (χ4n) is 1.96. The van der Waals surface area contributed by atoms with Crippen LogP contribution in [0.1, 0.15) is 12.8 Å². The topological polar surface area (TPSA) is 71.2 Å². The molecule has 2 rings (SSSR count). The Bertz CT molecular complexity index is 418. The van der Waals surface area contributed by atoms with Crippen LogP contribution in [0.15, 0.2) is 22.8 Å². The fourth-order valence-corrected chi connectivity index (χ4v) is 2.32. The van der Waals surface area contributed by atoms with Crippen LogP contribution in [-0.4, -0.2) is 41.5 Å². The molecule has 1 amide bonds. The lowest BCUT2D eigenvalue weighted by Gasteiger charge is -2.29. The van der Waals surface area contributed by atoms with E-state index in [1.54, 1.807) is 6.20 Å². The van der Waals surface area contributed by atoms with Crippen LogP contribution in [0, 0.1) is 0 Å². The number of piperidine rings is 1. The Morgan fingerprint density at radius 1 is 1.56 bits per heavy atom. The second-order valence-electron chi connectivity index (χ2n) is 4.50. The first kappa shape index (κ1) is 13.5. The van der Waals surface area contributed by atoms with E-state index in [1.165, 1.54) is 0 Å². The van der Waals surface area contributed by atoms with Crippen molar-refractivity contribution in [2.24, 2.45) is 5.73 Å². The monoisotopic (exact) mass is 312 g/mol. The normalized spacial score (nSPS) is 17.7. The van der Waals surface area contributed by atoms with Gasteiger partial charge in [0, 0.05) is 25.3 Å². The summed E-state index contributed by atoms with van der Waals surface area (Å²) in [5.74, 6) is 0.529. The molecule has 0 spiro atoms. The Balaban J connectivity index is 1.84. The Morgan fingerprint density at radius 2 is 2.28 bits per heavy atom. The second-order valence-corrected chi connectivity index (χ2v) is 5.35. The van der Waals surface area contributed by atoms with Gasteiger partial charge < -0.3 is 11.1 Å². The molecule has 1 aliphatic rings. The molecular weight excluding hydrogens is 296 g/mol. The molecule has 2 heterocycles. The fraction of sp³-hybridized carbons (Fsp3) is 0.500. The molecule has 1 fully saturated rings. The minimum absolute atomic E-state index is 0.0372. The van der Waals surface area contributed by atoms with Gasteiger partial charge in [0.25, 0.3) is 0 Å². The molecule has 3 N–H and O–H groups in total. The summed E-state index contributed by atoms with van der Waals surface area (Å²) in [6.45, 7) is 2.17. The molecule has 0 saturated carbocycles. The first-order chi connectivity index (χ1) is 8.65. The Labute approximate surface area is 115 Å². The molecule has 0 radical (unpaired) electrons. The number of rotatable bonds is 3. The van der Waals surface area contributed by atoms with Crippen molar-refractivity contribution in [2.45, 2.75) is 18.9 Å². The minimum atomic E-state index is -0.0372. The number of nitrogens with zero attached hydrogens (tertiary/aromatic N) is 2. The van der Waals surface area contributed by atoms with Gasteiger partial charge in [-0.1, -0.05) is 0 Å². The summed E-state index contributed by atoms with van der Waals surface area (Å²) < 4.78 is 0.791. The summed E-state index contributed by atoms with van der Waals surface area (Å²) >= 11 is 3.35. The van der Waals surface area contributed by atoms with Crippen LogP contribution in [0.25, 0.3) is 0 Å². The van der Waals surface area contributed by atoms with Gasteiger partial charge >= 0.3 is 0 Å². The van der Waals surface area contributed by atoms with Gasteiger partial charge in [-0.05, 0) is 40.9 Å². The van der Waals surface area contributed by atoms with Crippen LogP contribution < -0.4 is 11.1 Å². The number of nitrogens with one attached hydrogen (secondary N) is 1. The van der Waals surface area contributed by atoms with E-state index in [0.29, 0.717) is 12.4 Å². The van der Waals surface area contributed by atoms with E-state index in [1.807, 2.05) is 12.1 Å². The van der Waals surface area contributed by atoms with Gasteiger partial charge in [-0.25, -0.2) is 4.98 Å². The Morgan fingerprint density at radius 3 is 2.94 bits per heavy atom. The van der Waals surface area contributed by atoms with Gasteiger partial charge in [-0.2, -0.15) is 0 Å². The molecule has 1 aromatic rings. The molecule has 0 bridgehead atoms. The number of amides is 1. The summed E-state index contributed by atoms with van der Waals surface area (Å²) in [6, 6.07) is 3.95. The number of hydrogen-bond acceptors (Lipinski definition) is 4. The zero-order chi connectivity index (χ0) is 13.0. The summed E-state index contributed by atoms with van der Waals surface area (Å²) in [6.07, 6.45) is 3.57. The highest BCUT2D eigenvalue weighted by Gasteiger charge is 2.18. The Hall–Kier alpha value is -0.980. The van der Waals surface area contributed by atoms with Crippen LogP contribution in [0.2, 0.25) is 0 Å². The van der Waals surface area contributed by atoms with Crippen molar-refractivity contribution in [3.05, 3.63) is 22.8 Å². The summed E-state index contributed by atoms with van der Waals surface area (Å²) in [5, 5.41) is 2.80. The maximum absolute atomic E-state index is 11.9. The average Bonchev–Trinajstić information content (AvgIpc) is 2.35. The van der Waals surface area contributed by atoms with Gasteiger partial charge in [0.2, 0.25) is 5.91 Å². The molecule has 18 heavy (non-hydrogen) atoms. The lowest BCUT2D eigenvalue weighted by atomic mass is 10.1. The Kier molecular flexibility index (Phi) is 4.68. The van der Waals surface area contributed by atoms with Gasteiger partial charge in [-0.3, -0.25) is 9.69 Å². The SMILES string of the molecule is NC1CCN(CC(=O)Nc2ncccc2Br)CC1. The van der Waals surface area contributed by atoms with Gasteiger partial charge in [0.1, 0.15) is 5.82 Å². The van der Waals surface area contributed by atoms with E-state index < -0.39 is 0 Å². The van der Waals surface area contributed by atoms with E-state index in [2.05, 4.69) is 31.1 Å². The highest BCUT2D eigenvalue weighted by Crippen LogP contribution is 2.18. The lowest BCUT2D eigenvalue weighted by molar-refractivity contribution is -0.117. The number of aromatic nitrogens is 1. The van der Waals surface area contributed by atoms with Gasteiger partial charge in [0.15, 0.2) is 0 Å². The molecule has 0 unspecified atom stereocenters. The van der Waals surface area contributed by atoms with E-state index in [4.69, 9.17) is 5.73 Å². The highest BCUT2D eigenvalue weighted by atomic mass is 79.9. The number of pyridine rings is 1. The molecular formula is C12H17BrN4O. The molecule has 1 saturated heterocycles. The van der Waals surface area contributed by atoms with Crippen molar-refractivity contribution in [1.82, 2.24) is 9.88 Å². The van der Waals surface area contributed by atoms with E-state index in [0.717, 1.165) is 30.4 Å². The van der Waals surface area contributed by atoms with E-state index in [-0.39, 0.29) is 11.9 Å². The summed E-state index contributed by atoms with van der Waals surface area (Å²) in [4.78, 5) is 18.1. The predicted octanol–water partition coefficient (Wildman–Crippen LogP) is 1.21. The zero-order valence-electron chi connectivity index (χ0n) is 10.1. The van der Waals surface area contributed by atoms with Crippen LogP contribution >= 0.6 is 15.9 Å².